The molecule has 7 heteroatoms. The van der Waals surface area contributed by atoms with Crippen molar-refractivity contribution in [3.05, 3.63) is 41.5 Å². The molecule has 26 heavy (non-hydrogen) atoms. The molecule has 1 fully saturated rings. The number of nitrogens with zero attached hydrogens (tertiary/aromatic N) is 3. The third kappa shape index (κ3) is 3.73. The van der Waals surface area contributed by atoms with Gasteiger partial charge in [-0.3, -0.25) is 4.79 Å². The van der Waals surface area contributed by atoms with Crippen LogP contribution in [-0.2, 0) is 18.4 Å². The lowest BCUT2D eigenvalue weighted by molar-refractivity contribution is -0.118. The average molecular weight is 387 g/mol. The lowest BCUT2D eigenvalue weighted by Crippen LogP contribution is -2.25. The molecule has 0 spiro atoms. The number of anilines is 1. The fourth-order valence-corrected chi connectivity index (χ4v) is 5.06. The maximum Gasteiger partial charge on any atom is 0.230 e. The van der Waals surface area contributed by atoms with Crippen LogP contribution in [0, 0.1) is 0 Å². The number of carbonyl (C=O) groups excluding carboxylic acids is 1. The average Bonchev–Trinajstić information content (AvgIpc) is 3.39. The molecule has 3 heterocycles. The first-order chi connectivity index (χ1) is 12.7. The molecule has 0 saturated carbocycles. The van der Waals surface area contributed by atoms with E-state index in [1.54, 1.807) is 23.1 Å². The zero-order valence-corrected chi connectivity index (χ0v) is 16.4. The molecule has 0 bridgehead atoms. The van der Waals surface area contributed by atoms with Crippen molar-refractivity contribution in [3.63, 3.8) is 0 Å². The molecule has 0 atom stereocenters. The maximum absolute atomic E-state index is 12.2. The van der Waals surface area contributed by atoms with E-state index in [-0.39, 0.29) is 5.91 Å². The van der Waals surface area contributed by atoms with Crippen LogP contribution in [0.5, 0.6) is 0 Å². The molecule has 5 nitrogen and oxygen atoms in total. The van der Waals surface area contributed by atoms with Crippen molar-refractivity contribution >= 4 is 45.0 Å². The van der Waals surface area contributed by atoms with Gasteiger partial charge in [-0.15, -0.1) is 23.1 Å². The number of carbonyl (C=O) groups is 1. The Hall–Kier alpha value is -1.99. The molecule has 0 unspecified atom stereocenters. The van der Waals surface area contributed by atoms with Crippen molar-refractivity contribution in [2.24, 2.45) is 7.05 Å². The van der Waals surface area contributed by atoms with E-state index in [1.807, 2.05) is 24.6 Å². The molecule has 1 aliphatic rings. The number of thioether (sulfide) groups is 1. The number of fused-ring (bicyclic) bond motifs is 1. The van der Waals surface area contributed by atoms with Crippen LogP contribution in [0.25, 0.3) is 10.9 Å². The first-order valence-electron chi connectivity index (χ1n) is 8.83. The van der Waals surface area contributed by atoms with E-state index in [0.29, 0.717) is 12.3 Å². The molecular weight excluding hydrogens is 364 g/mol. The van der Waals surface area contributed by atoms with Gasteiger partial charge < -0.3 is 14.8 Å². The first kappa shape index (κ1) is 17.4. The number of nitrogens with one attached hydrogen (secondary N) is 1. The monoisotopic (exact) mass is 386 g/mol. The molecule has 2 aromatic heterocycles. The second kappa shape index (κ2) is 7.72. The van der Waals surface area contributed by atoms with Gasteiger partial charge >= 0.3 is 0 Å². The van der Waals surface area contributed by atoms with Gasteiger partial charge in [0.05, 0.1) is 18.0 Å². The van der Waals surface area contributed by atoms with Crippen LogP contribution in [0.3, 0.4) is 0 Å². The number of hydrogen-bond donors (Lipinski definition) is 1. The summed E-state index contributed by atoms with van der Waals surface area (Å²) in [5.74, 6) is 0.454. The topological polar surface area (TPSA) is 50.2 Å². The third-order valence-electron chi connectivity index (χ3n) is 4.60. The number of thiazole rings is 1. The van der Waals surface area contributed by atoms with Gasteiger partial charge in [0.2, 0.25) is 5.91 Å². The van der Waals surface area contributed by atoms with E-state index in [0.717, 1.165) is 28.8 Å². The van der Waals surface area contributed by atoms with Crippen LogP contribution in [0.15, 0.2) is 40.7 Å². The summed E-state index contributed by atoms with van der Waals surface area (Å²) < 4.78 is 2.10. The van der Waals surface area contributed by atoms with E-state index in [2.05, 4.69) is 38.1 Å². The molecule has 1 amide bonds. The van der Waals surface area contributed by atoms with Crippen molar-refractivity contribution < 1.29 is 4.79 Å². The normalized spacial score (nSPS) is 14.3. The number of para-hydroxylation sites is 1. The highest BCUT2D eigenvalue weighted by Crippen LogP contribution is 2.29. The van der Waals surface area contributed by atoms with Crippen LogP contribution in [0.2, 0.25) is 0 Å². The molecule has 1 aromatic carbocycles. The minimum Gasteiger partial charge on any atom is -0.350 e. The summed E-state index contributed by atoms with van der Waals surface area (Å²) in [6.07, 6.45) is 4.58. The fourth-order valence-electron chi connectivity index (χ4n) is 3.23. The van der Waals surface area contributed by atoms with Crippen molar-refractivity contribution in [1.82, 2.24) is 14.9 Å². The maximum atomic E-state index is 12.2. The highest BCUT2D eigenvalue weighted by atomic mass is 32.2. The Balaban J connectivity index is 1.30. The number of aryl methyl sites for hydroxylation is 1. The Morgan fingerprint density at radius 3 is 2.96 bits per heavy atom. The van der Waals surface area contributed by atoms with Gasteiger partial charge in [-0.1, -0.05) is 18.2 Å². The predicted octanol–water partition coefficient (Wildman–Crippen LogP) is 3.64. The van der Waals surface area contributed by atoms with Gasteiger partial charge in [0.1, 0.15) is 0 Å². The molecule has 1 N–H and O–H groups in total. The molecule has 1 aliphatic heterocycles. The predicted molar refractivity (Wildman–Crippen MR) is 109 cm³/mol. The smallest absolute Gasteiger partial charge is 0.230 e. The number of benzene rings is 1. The Morgan fingerprint density at radius 1 is 1.31 bits per heavy atom. The summed E-state index contributed by atoms with van der Waals surface area (Å²) in [5, 5.41) is 7.31. The summed E-state index contributed by atoms with van der Waals surface area (Å²) in [5.41, 5.74) is 2.13. The van der Waals surface area contributed by atoms with E-state index < -0.39 is 0 Å². The van der Waals surface area contributed by atoms with Gasteiger partial charge in [-0.05, 0) is 18.9 Å². The van der Waals surface area contributed by atoms with Crippen molar-refractivity contribution in [2.45, 2.75) is 24.3 Å². The molecule has 4 rings (SSSR count). The SMILES string of the molecule is Cn1cc(SCC(=O)NCc2csc(N3CCCC3)n2)c2ccccc21. The van der Waals surface area contributed by atoms with Crippen molar-refractivity contribution in [2.75, 3.05) is 23.7 Å². The zero-order chi connectivity index (χ0) is 17.9. The molecule has 0 radical (unpaired) electrons. The highest BCUT2D eigenvalue weighted by Gasteiger charge is 2.16. The van der Waals surface area contributed by atoms with Crippen molar-refractivity contribution in [3.8, 4) is 0 Å². The summed E-state index contributed by atoms with van der Waals surface area (Å²) >= 11 is 3.25. The van der Waals surface area contributed by atoms with E-state index in [9.17, 15) is 4.79 Å². The summed E-state index contributed by atoms with van der Waals surface area (Å²) in [6.45, 7) is 2.70. The van der Waals surface area contributed by atoms with Crippen LogP contribution in [0.4, 0.5) is 5.13 Å². The minimum atomic E-state index is 0.0404. The number of amides is 1. The zero-order valence-electron chi connectivity index (χ0n) is 14.8. The third-order valence-corrected chi connectivity index (χ3v) is 6.60. The molecular formula is C19H22N4OS2. The Bertz CT molecular complexity index is 911. The van der Waals surface area contributed by atoms with E-state index in [1.165, 1.54) is 23.7 Å². The number of hydrogen-bond acceptors (Lipinski definition) is 5. The lowest BCUT2D eigenvalue weighted by atomic mass is 10.2. The number of aromatic nitrogens is 2. The van der Waals surface area contributed by atoms with Gasteiger partial charge in [-0.2, -0.15) is 0 Å². The van der Waals surface area contributed by atoms with Gasteiger partial charge in [-0.25, -0.2) is 4.98 Å². The summed E-state index contributed by atoms with van der Waals surface area (Å²) in [7, 11) is 2.03. The minimum absolute atomic E-state index is 0.0404. The molecule has 3 aromatic rings. The quantitative estimate of drug-likeness (QED) is 0.657. The molecule has 1 saturated heterocycles. The van der Waals surface area contributed by atoms with E-state index in [4.69, 9.17) is 0 Å². The van der Waals surface area contributed by atoms with Crippen LogP contribution in [-0.4, -0.2) is 34.3 Å². The molecule has 0 aliphatic carbocycles. The van der Waals surface area contributed by atoms with Crippen LogP contribution >= 0.6 is 23.1 Å². The Morgan fingerprint density at radius 2 is 2.12 bits per heavy atom. The Labute approximate surface area is 161 Å². The van der Waals surface area contributed by atoms with E-state index >= 15 is 0 Å². The standard InChI is InChI=1S/C19H22N4OS2/c1-22-11-17(15-6-2-3-7-16(15)22)25-13-18(24)20-10-14-12-26-19(21-14)23-8-4-5-9-23/h2-3,6-7,11-12H,4-5,8-10,13H2,1H3,(H,20,24). The van der Waals surface area contributed by atoms with Gasteiger partial charge in [0.25, 0.3) is 0 Å². The Kier molecular flexibility index (Phi) is 5.17. The van der Waals surface area contributed by atoms with Crippen LogP contribution in [0.1, 0.15) is 18.5 Å². The summed E-state index contributed by atoms with van der Waals surface area (Å²) in [6, 6.07) is 8.27. The second-order valence-electron chi connectivity index (χ2n) is 6.50. The largest absolute Gasteiger partial charge is 0.350 e. The number of rotatable bonds is 6. The first-order valence-corrected chi connectivity index (χ1v) is 10.7. The summed E-state index contributed by atoms with van der Waals surface area (Å²) in [4.78, 5) is 20.3. The molecule has 136 valence electrons. The fraction of sp³-hybridized carbons (Fsp3) is 0.368. The van der Waals surface area contributed by atoms with Crippen molar-refractivity contribution in [1.29, 1.82) is 0 Å². The van der Waals surface area contributed by atoms with Gasteiger partial charge in [0, 0.05) is 47.5 Å². The van der Waals surface area contributed by atoms with Gasteiger partial charge in [0.15, 0.2) is 5.13 Å². The highest BCUT2D eigenvalue weighted by molar-refractivity contribution is 8.00. The van der Waals surface area contributed by atoms with Crippen LogP contribution < -0.4 is 10.2 Å². The second-order valence-corrected chi connectivity index (χ2v) is 8.36. The lowest BCUT2D eigenvalue weighted by Gasteiger charge is -2.12.